The van der Waals surface area contributed by atoms with E-state index < -0.39 is 0 Å². The van der Waals surface area contributed by atoms with Gasteiger partial charge in [0.15, 0.2) is 0 Å². The molecule has 1 nitrogen and oxygen atoms in total. The van der Waals surface area contributed by atoms with Gasteiger partial charge in [-0.3, -0.25) is 0 Å². The van der Waals surface area contributed by atoms with E-state index >= 15 is 0 Å². The first kappa shape index (κ1) is 17.4. The Morgan fingerprint density at radius 1 is 0.577 bits per heavy atom. The lowest BCUT2D eigenvalue weighted by Gasteiger charge is -1.94. The fourth-order valence-electron chi connectivity index (χ4n) is 2.23. The second kappa shape index (κ2) is 8.61. The molecular weight excluding hydrogens is 334 g/mol. The van der Waals surface area contributed by atoms with E-state index in [9.17, 15) is 0 Å². The number of isothiocyanates is 1. The number of thiocarbonyl (C=S) groups is 1. The van der Waals surface area contributed by atoms with Gasteiger partial charge in [-0.15, -0.1) is 0 Å². The highest BCUT2D eigenvalue weighted by Crippen LogP contribution is 2.11. The van der Waals surface area contributed by atoms with Gasteiger partial charge in [-0.05, 0) is 79.8 Å². The van der Waals surface area contributed by atoms with Crippen LogP contribution in [-0.4, -0.2) is 5.16 Å². The van der Waals surface area contributed by atoms with Crippen molar-refractivity contribution in [2.45, 2.75) is 6.92 Å². The maximum Gasteiger partial charge on any atom is 0.0740 e. The van der Waals surface area contributed by atoms with Gasteiger partial charge >= 0.3 is 0 Å². The van der Waals surface area contributed by atoms with Crippen LogP contribution in [0.5, 0.6) is 0 Å². The summed E-state index contributed by atoms with van der Waals surface area (Å²) in [5.41, 5.74) is 5.88. The maximum absolute atomic E-state index is 4.59. The minimum absolute atomic E-state index is 0.780. The van der Waals surface area contributed by atoms with E-state index in [1.54, 1.807) is 0 Å². The van der Waals surface area contributed by atoms with Crippen LogP contribution in [0, 0.1) is 30.6 Å². The Hall–Kier alpha value is -3.42. The van der Waals surface area contributed by atoms with Crippen LogP contribution in [0.2, 0.25) is 0 Å². The molecule has 0 aliphatic rings. The summed E-state index contributed by atoms with van der Waals surface area (Å²) in [7, 11) is 0. The molecule has 0 saturated carbocycles. The van der Waals surface area contributed by atoms with Crippen LogP contribution in [0.15, 0.2) is 77.8 Å². The number of hydrogen-bond acceptors (Lipinski definition) is 2. The Kier molecular flexibility index (Phi) is 5.76. The van der Waals surface area contributed by atoms with Gasteiger partial charge in [0.05, 0.1) is 10.8 Å². The highest BCUT2D eigenvalue weighted by Gasteiger charge is 1.92. The van der Waals surface area contributed by atoms with Crippen molar-refractivity contribution >= 4 is 23.1 Å². The minimum Gasteiger partial charge on any atom is -0.195 e. The first-order chi connectivity index (χ1) is 12.7. The van der Waals surface area contributed by atoms with Crippen LogP contribution < -0.4 is 0 Å². The third-order valence-electron chi connectivity index (χ3n) is 3.68. The topological polar surface area (TPSA) is 12.4 Å². The second-order valence-corrected chi connectivity index (χ2v) is 5.88. The molecule has 0 amide bonds. The summed E-state index contributed by atoms with van der Waals surface area (Å²) in [6.07, 6.45) is 0. The van der Waals surface area contributed by atoms with Gasteiger partial charge in [0, 0.05) is 22.3 Å². The zero-order valence-electron chi connectivity index (χ0n) is 14.3. The molecule has 0 aromatic heterocycles. The van der Waals surface area contributed by atoms with Crippen LogP contribution in [0.25, 0.3) is 0 Å². The largest absolute Gasteiger partial charge is 0.195 e. The molecule has 0 radical (unpaired) electrons. The summed E-state index contributed by atoms with van der Waals surface area (Å²) in [6, 6.07) is 23.7. The molecule has 26 heavy (non-hydrogen) atoms. The van der Waals surface area contributed by atoms with Crippen molar-refractivity contribution in [1.82, 2.24) is 0 Å². The van der Waals surface area contributed by atoms with Gasteiger partial charge < -0.3 is 0 Å². The maximum atomic E-state index is 4.59. The Balaban J connectivity index is 1.70. The number of rotatable bonds is 1. The van der Waals surface area contributed by atoms with Crippen molar-refractivity contribution in [1.29, 1.82) is 0 Å². The van der Waals surface area contributed by atoms with Crippen LogP contribution >= 0.6 is 12.2 Å². The Labute approximate surface area is 159 Å². The van der Waals surface area contributed by atoms with E-state index in [-0.39, 0.29) is 0 Å². The van der Waals surface area contributed by atoms with E-state index in [2.05, 4.69) is 65.1 Å². The quantitative estimate of drug-likeness (QED) is 0.320. The zero-order valence-corrected chi connectivity index (χ0v) is 15.1. The average molecular weight is 349 g/mol. The van der Waals surface area contributed by atoms with E-state index in [1.807, 2.05) is 60.7 Å². The lowest BCUT2D eigenvalue weighted by Crippen LogP contribution is -1.79. The normalized spacial score (nSPS) is 9.12. The van der Waals surface area contributed by atoms with Crippen molar-refractivity contribution in [2.75, 3.05) is 0 Å². The van der Waals surface area contributed by atoms with Crippen LogP contribution in [-0.2, 0) is 0 Å². The van der Waals surface area contributed by atoms with Gasteiger partial charge in [-0.1, -0.05) is 41.4 Å². The van der Waals surface area contributed by atoms with Crippen molar-refractivity contribution in [3.05, 3.63) is 101 Å². The SMILES string of the molecule is Cc1ccc(C#Cc2ccc(C#Cc3ccc(N=C=S)cc3)cc2)cc1. The lowest BCUT2D eigenvalue weighted by atomic mass is 10.1. The molecule has 0 unspecified atom stereocenters. The van der Waals surface area contributed by atoms with Crippen molar-refractivity contribution < 1.29 is 0 Å². The summed E-state index contributed by atoms with van der Waals surface area (Å²) < 4.78 is 0. The summed E-state index contributed by atoms with van der Waals surface area (Å²) in [5, 5.41) is 2.35. The predicted octanol–water partition coefficient (Wildman–Crippen LogP) is 5.53. The number of aliphatic imine (C=N–C) groups is 1. The highest BCUT2D eigenvalue weighted by atomic mass is 32.1. The monoisotopic (exact) mass is 349 g/mol. The molecule has 3 rings (SSSR count). The van der Waals surface area contributed by atoms with E-state index in [1.165, 1.54) is 5.56 Å². The van der Waals surface area contributed by atoms with Crippen molar-refractivity contribution in [3.63, 3.8) is 0 Å². The molecule has 0 aliphatic carbocycles. The van der Waals surface area contributed by atoms with E-state index in [4.69, 9.17) is 0 Å². The average Bonchev–Trinajstić information content (AvgIpc) is 2.68. The van der Waals surface area contributed by atoms with Crippen molar-refractivity contribution in [3.8, 4) is 23.7 Å². The molecule has 3 aromatic carbocycles. The van der Waals surface area contributed by atoms with Gasteiger partial charge in [0.2, 0.25) is 0 Å². The zero-order chi connectivity index (χ0) is 18.2. The minimum atomic E-state index is 0.780. The highest BCUT2D eigenvalue weighted by molar-refractivity contribution is 7.78. The van der Waals surface area contributed by atoms with Crippen LogP contribution in [0.4, 0.5) is 5.69 Å². The van der Waals surface area contributed by atoms with Crippen LogP contribution in [0.1, 0.15) is 27.8 Å². The van der Waals surface area contributed by atoms with Gasteiger partial charge in [0.25, 0.3) is 0 Å². The summed E-state index contributed by atoms with van der Waals surface area (Å²) in [4.78, 5) is 3.92. The standard InChI is InChI=1S/C24H15NS/c1-19-2-4-20(5-3-19)6-7-21-8-10-22(11-9-21)12-13-23-14-16-24(17-15-23)25-18-26/h2-5,8-11,14-17H,1H3. The summed E-state index contributed by atoms with van der Waals surface area (Å²) in [6.45, 7) is 2.07. The van der Waals surface area contributed by atoms with Crippen LogP contribution in [0.3, 0.4) is 0 Å². The second-order valence-electron chi connectivity index (χ2n) is 5.69. The summed E-state index contributed by atoms with van der Waals surface area (Å²) >= 11 is 4.59. The third-order valence-corrected chi connectivity index (χ3v) is 3.77. The number of aryl methyl sites for hydroxylation is 1. The number of nitrogens with zero attached hydrogens (tertiary/aromatic N) is 1. The number of hydrogen-bond donors (Lipinski definition) is 0. The third kappa shape index (κ3) is 5.04. The molecule has 0 atom stereocenters. The van der Waals surface area contributed by atoms with Gasteiger partial charge in [0.1, 0.15) is 0 Å². The van der Waals surface area contributed by atoms with E-state index in [0.717, 1.165) is 27.9 Å². The Morgan fingerprint density at radius 3 is 1.31 bits per heavy atom. The first-order valence-corrected chi connectivity index (χ1v) is 8.52. The Morgan fingerprint density at radius 2 is 0.923 bits per heavy atom. The summed E-state index contributed by atoms with van der Waals surface area (Å²) in [5.74, 6) is 12.6. The molecule has 0 fully saturated rings. The van der Waals surface area contributed by atoms with Gasteiger partial charge in [-0.2, -0.15) is 4.99 Å². The molecular formula is C24H15NS. The molecule has 2 heteroatoms. The number of benzene rings is 3. The van der Waals surface area contributed by atoms with Gasteiger partial charge in [-0.25, -0.2) is 0 Å². The van der Waals surface area contributed by atoms with Crippen molar-refractivity contribution in [2.24, 2.45) is 4.99 Å². The molecule has 0 aliphatic heterocycles. The molecule has 0 saturated heterocycles. The Bertz CT molecular complexity index is 1060. The molecule has 0 heterocycles. The lowest BCUT2D eigenvalue weighted by molar-refractivity contribution is 1.46. The predicted molar refractivity (Wildman–Crippen MR) is 111 cm³/mol. The fourth-order valence-corrected chi connectivity index (χ4v) is 2.34. The van der Waals surface area contributed by atoms with E-state index in [0.29, 0.717) is 0 Å². The fraction of sp³-hybridized carbons (Fsp3) is 0.0417. The first-order valence-electron chi connectivity index (χ1n) is 8.12. The molecule has 0 bridgehead atoms. The molecule has 0 spiro atoms. The smallest absolute Gasteiger partial charge is 0.0740 e. The molecule has 3 aromatic rings. The molecule has 122 valence electrons. The molecule has 0 N–H and O–H groups in total.